The third kappa shape index (κ3) is 3.40. The van der Waals surface area contributed by atoms with Gasteiger partial charge in [-0.1, -0.05) is 6.92 Å². The summed E-state index contributed by atoms with van der Waals surface area (Å²) in [6, 6.07) is -0.142. The quantitative estimate of drug-likeness (QED) is 0.790. The summed E-state index contributed by atoms with van der Waals surface area (Å²) in [6.45, 7) is 5.64. The second-order valence-electron chi connectivity index (χ2n) is 4.38. The van der Waals surface area contributed by atoms with Crippen molar-refractivity contribution < 1.29 is 14.7 Å². The van der Waals surface area contributed by atoms with Crippen LogP contribution in [0.5, 0.6) is 0 Å². The molecule has 1 rings (SSSR count). The number of carboxylic acids is 1. The zero-order valence-corrected chi connectivity index (χ0v) is 9.98. The number of piperidine rings is 1. The summed E-state index contributed by atoms with van der Waals surface area (Å²) in [4.78, 5) is 25.7. The van der Waals surface area contributed by atoms with Crippen LogP contribution < -0.4 is 0 Å². The highest BCUT2D eigenvalue weighted by molar-refractivity contribution is 5.80. The molecule has 0 radical (unpaired) electrons. The molecule has 1 N–H and O–H groups in total. The first-order chi connectivity index (χ1) is 7.54. The molecule has 0 saturated carbocycles. The maximum atomic E-state index is 12.0. The number of likely N-dealkylation sites (tertiary alicyclic amines) is 1. The van der Waals surface area contributed by atoms with Crippen molar-refractivity contribution >= 4 is 12.0 Å². The van der Waals surface area contributed by atoms with Crippen molar-refractivity contribution in [3.05, 3.63) is 0 Å². The van der Waals surface area contributed by atoms with Crippen molar-refractivity contribution in [2.24, 2.45) is 5.92 Å². The van der Waals surface area contributed by atoms with Gasteiger partial charge in [-0.15, -0.1) is 0 Å². The van der Waals surface area contributed by atoms with E-state index in [0.717, 1.165) is 25.9 Å². The second-order valence-corrected chi connectivity index (χ2v) is 4.38. The van der Waals surface area contributed by atoms with Crippen LogP contribution in [0.2, 0.25) is 0 Å². The zero-order chi connectivity index (χ0) is 12.1. The molecule has 0 bridgehead atoms. The van der Waals surface area contributed by atoms with E-state index < -0.39 is 5.97 Å². The Kier molecular flexibility index (Phi) is 4.58. The average molecular weight is 228 g/mol. The van der Waals surface area contributed by atoms with Gasteiger partial charge in [0.2, 0.25) is 0 Å². The van der Waals surface area contributed by atoms with Crippen molar-refractivity contribution in [2.75, 3.05) is 26.2 Å². The van der Waals surface area contributed by atoms with Crippen molar-refractivity contribution in [3.63, 3.8) is 0 Å². The Morgan fingerprint density at radius 3 is 2.69 bits per heavy atom. The standard InChI is InChI=1S/C11H20N2O3/c1-3-12(8-10(14)15)11(16)13-6-4-5-9(2)7-13/h9H,3-8H2,1-2H3,(H,14,15). The molecule has 0 aromatic carbocycles. The van der Waals surface area contributed by atoms with Crippen molar-refractivity contribution in [1.82, 2.24) is 9.80 Å². The van der Waals surface area contributed by atoms with Gasteiger partial charge in [0.05, 0.1) is 0 Å². The molecule has 0 aliphatic carbocycles. The monoisotopic (exact) mass is 228 g/mol. The summed E-state index contributed by atoms with van der Waals surface area (Å²) in [5.74, 6) is -0.443. The van der Waals surface area contributed by atoms with Gasteiger partial charge in [0.15, 0.2) is 0 Å². The number of hydrogen-bond acceptors (Lipinski definition) is 2. The van der Waals surface area contributed by atoms with Crippen LogP contribution in [0.3, 0.4) is 0 Å². The normalized spacial score (nSPS) is 20.6. The van der Waals surface area contributed by atoms with Crippen LogP contribution in [-0.4, -0.2) is 53.1 Å². The fraction of sp³-hybridized carbons (Fsp3) is 0.818. The largest absolute Gasteiger partial charge is 0.480 e. The zero-order valence-electron chi connectivity index (χ0n) is 9.98. The van der Waals surface area contributed by atoms with Crippen LogP contribution in [0.25, 0.3) is 0 Å². The van der Waals surface area contributed by atoms with Gasteiger partial charge in [-0.25, -0.2) is 4.79 Å². The Hall–Kier alpha value is -1.26. The van der Waals surface area contributed by atoms with Gasteiger partial charge >= 0.3 is 12.0 Å². The Balaban J connectivity index is 2.56. The summed E-state index contributed by atoms with van der Waals surface area (Å²) in [6.07, 6.45) is 2.16. The van der Waals surface area contributed by atoms with E-state index >= 15 is 0 Å². The Morgan fingerprint density at radius 2 is 2.19 bits per heavy atom. The highest BCUT2D eigenvalue weighted by atomic mass is 16.4. The number of rotatable bonds is 3. The van der Waals surface area contributed by atoms with Crippen LogP contribution in [0.15, 0.2) is 0 Å². The van der Waals surface area contributed by atoms with E-state index in [2.05, 4.69) is 6.92 Å². The summed E-state index contributed by atoms with van der Waals surface area (Å²) in [5, 5.41) is 8.70. The first kappa shape index (κ1) is 12.8. The lowest BCUT2D eigenvalue weighted by molar-refractivity contribution is -0.137. The summed E-state index contributed by atoms with van der Waals surface area (Å²) in [7, 11) is 0. The third-order valence-corrected chi connectivity index (χ3v) is 2.91. The lowest BCUT2D eigenvalue weighted by atomic mass is 10.0. The number of aliphatic carboxylic acids is 1. The van der Waals surface area contributed by atoms with Gasteiger partial charge in [-0.05, 0) is 25.7 Å². The third-order valence-electron chi connectivity index (χ3n) is 2.91. The fourth-order valence-corrected chi connectivity index (χ4v) is 2.04. The molecule has 5 nitrogen and oxygen atoms in total. The lowest BCUT2D eigenvalue weighted by Gasteiger charge is -2.34. The molecule has 0 aromatic rings. The molecule has 16 heavy (non-hydrogen) atoms. The van der Waals surface area contributed by atoms with Gasteiger partial charge in [0.1, 0.15) is 6.54 Å². The van der Waals surface area contributed by atoms with Crippen LogP contribution in [0.1, 0.15) is 26.7 Å². The van der Waals surface area contributed by atoms with E-state index in [1.165, 1.54) is 4.90 Å². The number of nitrogens with zero attached hydrogens (tertiary/aromatic N) is 2. The molecule has 92 valence electrons. The highest BCUT2D eigenvalue weighted by Crippen LogP contribution is 2.16. The van der Waals surface area contributed by atoms with Gasteiger partial charge in [-0.2, -0.15) is 0 Å². The molecule has 1 aliphatic rings. The lowest BCUT2D eigenvalue weighted by Crippen LogP contribution is -2.48. The van der Waals surface area contributed by atoms with Crippen LogP contribution in [-0.2, 0) is 4.79 Å². The molecule has 1 unspecified atom stereocenters. The maximum Gasteiger partial charge on any atom is 0.323 e. The van der Waals surface area contributed by atoms with Gasteiger partial charge < -0.3 is 14.9 Å². The molecule has 2 amide bonds. The minimum Gasteiger partial charge on any atom is -0.480 e. The van der Waals surface area contributed by atoms with E-state index in [1.54, 1.807) is 11.8 Å². The molecule has 1 saturated heterocycles. The molecule has 0 spiro atoms. The van der Waals surface area contributed by atoms with E-state index in [0.29, 0.717) is 12.5 Å². The van der Waals surface area contributed by atoms with Crippen molar-refractivity contribution in [2.45, 2.75) is 26.7 Å². The number of carbonyl (C=O) groups excluding carboxylic acids is 1. The molecule has 5 heteroatoms. The van der Waals surface area contributed by atoms with Gasteiger partial charge in [-0.3, -0.25) is 4.79 Å². The van der Waals surface area contributed by atoms with E-state index in [1.807, 2.05) is 0 Å². The Labute approximate surface area is 96.0 Å². The van der Waals surface area contributed by atoms with Gasteiger partial charge in [0.25, 0.3) is 0 Å². The molecule has 0 aromatic heterocycles. The van der Waals surface area contributed by atoms with Crippen LogP contribution >= 0.6 is 0 Å². The smallest absolute Gasteiger partial charge is 0.323 e. The summed E-state index contributed by atoms with van der Waals surface area (Å²) < 4.78 is 0. The number of carbonyl (C=O) groups is 2. The first-order valence-electron chi connectivity index (χ1n) is 5.80. The molecular weight excluding hydrogens is 208 g/mol. The second kappa shape index (κ2) is 5.72. The number of likely N-dealkylation sites (N-methyl/N-ethyl adjacent to an activating group) is 1. The summed E-state index contributed by atoms with van der Waals surface area (Å²) in [5.41, 5.74) is 0. The minimum absolute atomic E-state index is 0.142. The Morgan fingerprint density at radius 1 is 1.50 bits per heavy atom. The number of carboxylic acid groups (broad SMARTS) is 1. The predicted octanol–water partition coefficient (Wildman–Crippen LogP) is 1.24. The van der Waals surface area contributed by atoms with Crippen LogP contribution in [0.4, 0.5) is 4.79 Å². The number of urea groups is 1. The average Bonchev–Trinajstić information content (AvgIpc) is 2.24. The SMILES string of the molecule is CCN(CC(=O)O)C(=O)N1CCCC(C)C1. The van der Waals surface area contributed by atoms with Crippen molar-refractivity contribution in [1.29, 1.82) is 0 Å². The van der Waals surface area contributed by atoms with Crippen molar-refractivity contribution in [3.8, 4) is 0 Å². The topological polar surface area (TPSA) is 60.9 Å². The van der Waals surface area contributed by atoms with Crippen LogP contribution in [0, 0.1) is 5.92 Å². The summed E-state index contributed by atoms with van der Waals surface area (Å²) >= 11 is 0. The number of hydrogen-bond donors (Lipinski definition) is 1. The molecule has 1 heterocycles. The van der Waals surface area contributed by atoms with E-state index in [4.69, 9.17) is 5.11 Å². The van der Waals surface area contributed by atoms with E-state index in [9.17, 15) is 9.59 Å². The molecule has 1 aliphatic heterocycles. The molecule has 1 fully saturated rings. The number of amides is 2. The Bertz CT molecular complexity index is 268. The minimum atomic E-state index is -0.958. The fourth-order valence-electron chi connectivity index (χ4n) is 2.04. The van der Waals surface area contributed by atoms with E-state index in [-0.39, 0.29) is 12.6 Å². The highest BCUT2D eigenvalue weighted by Gasteiger charge is 2.25. The first-order valence-corrected chi connectivity index (χ1v) is 5.80. The maximum absolute atomic E-state index is 12.0. The molecule has 1 atom stereocenters. The predicted molar refractivity (Wildman–Crippen MR) is 60.2 cm³/mol. The van der Waals surface area contributed by atoms with Gasteiger partial charge in [0, 0.05) is 19.6 Å². The molecular formula is C11H20N2O3.